The smallest absolute Gasteiger partial charge is 0.190 e. The molecule has 0 bridgehead atoms. The number of thiazole rings is 1. The molecule has 0 atom stereocenters. The number of hydrogen-bond donors (Lipinski definition) is 0. The van der Waals surface area contributed by atoms with Gasteiger partial charge in [0.1, 0.15) is 0 Å². The summed E-state index contributed by atoms with van der Waals surface area (Å²) < 4.78 is 2.96. The fraction of sp³-hybridized carbons (Fsp3) is 0.167. The van der Waals surface area contributed by atoms with Crippen LogP contribution in [-0.2, 0) is 7.05 Å². The summed E-state index contributed by atoms with van der Waals surface area (Å²) in [5, 5.41) is 1.78. The molecule has 3 nitrogen and oxygen atoms in total. The average Bonchev–Trinajstić information content (AvgIpc) is 2.63. The average molecular weight is 230 g/mol. The highest BCUT2D eigenvalue weighted by Crippen LogP contribution is 2.27. The van der Waals surface area contributed by atoms with E-state index >= 15 is 0 Å². The minimum Gasteiger partial charge on any atom is -0.350 e. The normalized spacial score (nSPS) is 11.4. The first kappa shape index (κ1) is 9.54. The largest absolute Gasteiger partial charge is 0.350 e. The van der Waals surface area contributed by atoms with Crippen LogP contribution in [0.1, 0.15) is 5.01 Å². The Morgan fingerprint density at radius 3 is 2.94 bits per heavy atom. The second kappa shape index (κ2) is 3.15. The van der Waals surface area contributed by atoms with E-state index in [9.17, 15) is 4.79 Å². The molecule has 0 aliphatic carbocycles. The molecule has 0 radical (unpaired) electrons. The van der Waals surface area contributed by atoms with Gasteiger partial charge in [0.05, 0.1) is 26.1 Å². The minimum absolute atomic E-state index is 0.0716. The van der Waals surface area contributed by atoms with Crippen LogP contribution in [0.2, 0.25) is 0 Å². The van der Waals surface area contributed by atoms with Crippen LogP contribution in [0.25, 0.3) is 21.1 Å². The molecular formula is C12H10N2OS. The van der Waals surface area contributed by atoms with Crippen molar-refractivity contribution in [3.8, 4) is 0 Å². The van der Waals surface area contributed by atoms with Crippen molar-refractivity contribution in [2.24, 2.45) is 7.05 Å². The van der Waals surface area contributed by atoms with Gasteiger partial charge < -0.3 is 4.57 Å². The first-order valence-corrected chi connectivity index (χ1v) is 5.84. The summed E-state index contributed by atoms with van der Waals surface area (Å²) in [6, 6.07) is 5.54. The molecule has 0 fully saturated rings. The van der Waals surface area contributed by atoms with Crippen molar-refractivity contribution in [2.75, 3.05) is 0 Å². The molecule has 2 heterocycles. The highest BCUT2D eigenvalue weighted by atomic mass is 32.1. The van der Waals surface area contributed by atoms with Crippen LogP contribution < -0.4 is 5.43 Å². The summed E-state index contributed by atoms with van der Waals surface area (Å²) in [5.41, 5.74) is 1.95. The Morgan fingerprint density at radius 1 is 1.31 bits per heavy atom. The molecule has 0 unspecified atom stereocenters. The molecule has 80 valence electrons. The number of pyridine rings is 1. The van der Waals surface area contributed by atoms with E-state index in [0.717, 1.165) is 26.1 Å². The zero-order chi connectivity index (χ0) is 11.3. The van der Waals surface area contributed by atoms with Gasteiger partial charge in [-0.2, -0.15) is 0 Å². The van der Waals surface area contributed by atoms with Crippen molar-refractivity contribution in [1.29, 1.82) is 0 Å². The summed E-state index contributed by atoms with van der Waals surface area (Å²) >= 11 is 1.58. The Morgan fingerprint density at radius 2 is 2.12 bits per heavy atom. The van der Waals surface area contributed by atoms with E-state index in [4.69, 9.17) is 0 Å². The molecule has 0 spiro atoms. The highest BCUT2D eigenvalue weighted by molar-refractivity contribution is 7.19. The fourth-order valence-electron chi connectivity index (χ4n) is 1.97. The number of benzene rings is 1. The van der Waals surface area contributed by atoms with Gasteiger partial charge in [-0.3, -0.25) is 4.79 Å². The van der Waals surface area contributed by atoms with Gasteiger partial charge >= 0.3 is 0 Å². The Labute approximate surface area is 96.0 Å². The van der Waals surface area contributed by atoms with Crippen molar-refractivity contribution in [3.63, 3.8) is 0 Å². The lowest BCUT2D eigenvalue weighted by Gasteiger charge is -2.03. The predicted molar refractivity (Wildman–Crippen MR) is 67.1 cm³/mol. The molecule has 2 aromatic heterocycles. The van der Waals surface area contributed by atoms with Crippen LogP contribution in [0.5, 0.6) is 0 Å². The monoisotopic (exact) mass is 230 g/mol. The molecule has 3 rings (SSSR count). The van der Waals surface area contributed by atoms with Gasteiger partial charge in [-0.25, -0.2) is 4.98 Å². The number of hydrogen-bond acceptors (Lipinski definition) is 3. The van der Waals surface area contributed by atoms with Crippen LogP contribution in [0, 0.1) is 6.92 Å². The van der Waals surface area contributed by atoms with E-state index in [1.165, 1.54) is 0 Å². The lowest BCUT2D eigenvalue weighted by molar-refractivity contribution is 0.951. The molecule has 0 amide bonds. The first-order chi connectivity index (χ1) is 7.66. The summed E-state index contributed by atoms with van der Waals surface area (Å²) in [5.74, 6) is 0. The summed E-state index contributed by atoms with van der Waals surface area (Å²) in [6.07, 6.45) is 1.80. The topological polar surface area (TPSA) is 34.9 Å². The molecule has 0 N–H and O–H groups in total. The van der Waals surface area contributed by atoms with E-state index in [-0.39, 0.29) is 5.43 Å². The van der Waals surface area contributed by atoms with Crippen LogP contribution in [0.15, 0.2) is 29.2 Å². The summed E-state index contributed by atoms with van der Waals surface area (Å²) in [7, 11) is 1.95. The van der Waals surface area contributed by atoms with Gasteiger partial charge in [0.25, 0.3) is 0 Å². The van der Waals surface area contributed by atoms with Gasteiger partial charge in [0.15, 0.2) is 5.43 Å². The highest BCUT2D eigenvalue weighted by Gasteiger charge is 2.09. The van der Waals surface area contributed by atoms with E-state index in [1.807, 2.05) is 30.7 Å². The Kier molecular flexibility index (Phi) is 1.88. The standard InChI is InChI=1S/C12H10N2OS/c1-7-13-8-3-4-9-11(12(8)16-7)10(15)5-6-14(9)2/h3-6H,1-2H3. The molecule has 16 heavy (non-hydrogen) atoms. The maximum atomic E-state index is 11.9. The summed E-state index contributed by atoms with van der Waals surface area (Å²) in [6.45, 7) is 1.96. The third kappa shape index (κ3) is 1.20. The number of fused-ring (bicyclic) bond motifs is 3. The molecule has 0 saturated heterocycles. The maximum Gasteiger partial charge on any atom is 0.190 e. The zero-order valence-electron chi connectivity index (χ0n) is 9.02. The number of aromatic nitrogens is 2. The minimum atomic E-state index is 0.0716. The molecule has 4 heteroatoms. The molecular weight excluding hydrogens is 220 g/mol. The Hall–Kier alpha value is -1.68. The Bertz CT molecular complexity index is 755. The number of nitrogens with zero attached hydrogens (tertiary/aromatic N) is 2. The van der Waals surface area contributed by atoms with Crippen LogP contribution >= 0.6 is 11.3 Å². The lowest BCUT2D eigenvalue weighted by atomic mass is 10.2. The fourth-order valence-corrected chi connectivity index (χ4v) is 2.93. The van der Waals surface area contributed by atoms with Gasteiger partial charge in [-0.15, -0.1) is 11.3 Å². The van der Waals surface area contributed by atoms with Crippen LogP contribution in [-0.4, -0.2) is 9.55 Å². The Balaban J connectivity index is 2.69. The van der Waals surface area contributed by atoms with Gasteiger partial charge in [0.2, 0.25) is 0 Å². The van der Waals surface area contributed by atoms with Crippen molar-refractivity contribution < 1.29 is 0 Å². The second-order valence-corrected chi connectivity index (χ2v) is 5.03. The van der Waals surface area contributed by atoms with Crippen LogP contribution in [0.3, 0.4) is 0 Å². The van der Waals surface area contributed by atoms with E-state index in [2.05, 4.69) is 4.98 Å². The first-order valence-electron chi connectivity index (χ1n) is 5.02. The van der Waals surface area contributed by atoms with Gasteiger partial charge in [-0.1, -0.05) is 0 Å². The number of aryl methyl sites for hydroxylation is 2. The molecule has 1 aromatic carbocycles. The second-order valence-electron chi connectivity index (χ2n) is 3.83. The van der Waals surface area contributed by atoms with E-state index in [0.29, 0.717) is 0 Å². The number of rotatable bonds is 0. The lowest BCUT2D eigenvalue weighted by Crippen LogP contribution is -2.04. The molecule has 0 aliphatic heterocycles. The quantitative estimate of drug-likeness (QED) is 0.594. The van der Waals surface area contributed by atoms with E-state index < -0.39 is 0 Å². The molecule has 0 saturated carbocycles. The third-order valence-corrected chi connectivity index (χ3v) is 3.72. The molecule has 3 aromatic rings. The predicted octanol–water partition coefficient (Wildman–Crippen LogP) is 2.46. The van der Waals surface area contributed by atoms with Gasteiger partial charge in [-0.05, 0) is 19.1 Å². The van der Waals surface area contributed by atoms with Crippen molar-refractivity contribution in [3.05, 3.63) is 39.6 Å². The van der Waals surface area contributed by atoms with Crippen molar-refractivity contribution in [1.82, 2.24) is 9.55 Å². The summed E-state index contributed by atoms with van der Waals surface area (Å²) in [4.78, 5) is 16.3. The van der Waals surface area contributed by atoms with Gasteiger partial charge in [0, 0.05) is 19.3 Å². The zero-order valence-corrected chi connectivity index (χ0v) is 9.84. The van der Waals surface area contributed by atoms with E-state index in [1.54, 1.807) is 23.6 Å². The third-order valence-electron chi connectivity index (χ3n) is 2.72. The molecule has 0 aliphatic rings. The van der Waals surface area contributed by atoms with Crippen molar-refractivity contribution in [2.45, 2.75) is 6.92 Å². The maximum absolute atomic E-state index is 11.9. The SMILES string of the molecule is Cc1nc2ccc3c(c(=O)ccn3C)c2s1. The van der Waals surface area contributed by atoms with Crippen molar-refractivity contribution >= 4 is 32.5 Å². The van der Waals surface area contributed by atoms with Crippen LogP contribution in [0.4, 0.5) is 0 Å².